The van der Waals surface area contributed by atoms with Crippen LogP contribution in [0.4, 0.5) is 0 Å². The number of aryl methyl sites for hydroxylation is 2. The van der Waals surface area contributed by atoms with Crippen LogP contribution < -0.4 is 4.74 Å². The van der Waals surface area contributed by atoms with Gasteiger partial charge >= 0.3 is 0 Å². The second kappa shape index (κ2) is 7.47. The topological polar surface area (TPSA) is 27.1 Å². The van der Waals surface area contributed by atoms with E-state index in [4.69, 9.17) is 4.74 Å². The van der Waals surface area contributed by atoms with E-state index in [1.165, 1.54) is 11.1 Å². The van der Waals surface area contributed by atoms with Crippen LogP contribution in [0.25, 0.3) is 0 Å². The fourth-order valence-corrected chi connectivity index (χ4v) is 2.81. The lowest BCUT2D eigenvalue weighted by atomic mass is 10.1. The molecule has 2 aromatic carbocycles. The highest BCUT2D eigenvalue weighted by atomic mass is 79.9. The third-order valence-electron chi connectivity index (χ3n) is 3.86. The number of rotatable bonds is 6. The summed E-state index contributed by atoms with van der Waals surface area (Å²) in [7, 11) is 1.69. The molecule has 1 aromatic heterocycles. The second-order valence-corrected chi connectivity index (χ2v) is 6.36. The number of hydrogen-bond donors (Lipinski definition) is 0. The van der Waals surface area contributed by atoms with Crippen molar-refractivity contribution in [3.63, 3.8) is 0 Å². The van der Waals surface area contributed by atoms with Crippen LogP contribution in [0.2, 0.25) is 0 Å². The summed E-state index contributed by atoms with van der Waals surface area (Å²) in [6.07, 6.45) is 5.82. The van der Waals surface area contributed by atoms with Crippen LogP contribution in [0.5, 0.6) is 5.75 Å². The minimum Gasteiger partial charge on any atom is -0.497 e. The van der Waals surface area contributed by atoms with Crippen LogP contribution in [-0.2, 0) is 19.4 Å². The SMILES string of the molecule is COc1ccc(CCc2nccn2Cc2ccc(Br)cc2)cc1. The van der Waals surface area contributed by atoms with Crippen molar-refractivity contribution in [1.29, 1.82) is 0 Å². The Hall–Kier alpha value is -2.07. The zero-order valence-electron chi connectivity index (χ0n) is 13.1. The molecule has 4 heteroatoms. The van der Waals surface area contributed by atoms with Gasteiger partial charge < -0.3 is 9.30 Å². The third-order valence-corrected chi connectivity index (χ3v) is 4.39. The van der Waals surface area contributed by atoms with Crippen molar-refractivity contribution in [2.45, 2.75) is 19.4 Å². The van der Waals surface area contributed by atoms with Gasteiger partial charge in [-0.05, 0) is 41.8 Å². The quantitative estimate of drug-likeness (QED) is 0.639. The van der Waals surface area contributed by atoms with E-state index >= 15 is 0 Å². The average Bonchev–Trinajstić information content (AvgIpc) is 3.02. The first-order chi connectivity index (χ1) is 11.2. The van der Waals surface area contributed by atoms with E-state index < -0.39 is 0 Å². The molecule has 0 aliphatic heterocycles. The van der Waals surface area contributed by atoms with Crippen LogP contribution in [-0.4, -0.2) is 16.7 Å². The molecule has 0 aliphatic carbocycles. The first kappa shape index (κ1) is 15.8. The predicted octanol–water partition coefficient (Wildman–Crippen LogP) is 4.49. The maximum absolute atomic E-state index is 5.19. The first-order valence-corrected chi connectivity index (χ1v) is 8.41. The Kier molecular flexibility index (Phi) is 5.13. The van der Waals surface area contributed by atoms with E-state index in [1.54, 1.807) is 7.11 Å². The fourth-order valence-electron chi connectivity index (χ4n) is 2.55. The van der Waals surface area contributed by atoms with E-state index in [9.17, 15) is 0 Å². The predicted molar refractivity (Wildman–Crippen MR) is 95.9 cm³/mol. The van der Waals surface area contributed by atoms with Gasteiger partial charge in [-0.2, -0.15) is 0 Å². The standard InChI is InChI=1S/C19H19BrN2O/c1-23-18-9-4-15(5-10-18)6-11-19-21-12-13-22(19)14-16-2-7-17(20)8-3-16/h2-5,7-10,12-13H,6,11,14H2,1H3. The molecule has 118 valence electrons. The summed E-state index contributed by atoms with van der Waals surface area (Å²) in [6.45, 7) is 0.852. The number of ether oxygens (including phenoxy) is 1. The Balaban J connectivity index is 1.64. The maximum Gasteiger partial charge on any atom is 0.118 e. The van der Waals surface area contributed by atoms with Crippen molar-refractivity contribution >= 4 is 15.9 Å². The van der Waals surface area contributed by atoms with Crippen LogP contribution in [0.3, 0.4) is 0 Å². The van der Waals surface area contributed by atoms with Gasteiger partial charge in [0.05, 0.1) is 7.11 Å². The molecular formula is C19H19BrN2O. The molecule has 0 aliphatic rings. The van der Waals surface area contributed by atoms with E-state index in [0.717, 1.165) is 35.4 Å². The Morgan fingerprint density at radius 2 is 1.65 bits per heavy atom. The molecule has 3 aromatic rings. The smallest absolute Gasteiger partial charge is 0.118 e. The summed E-state index contributed by atoms with van der Waals surface area (Å²) in [4.78, 5) is 4.51. The monoisotopic (exact) mass is 370 g/mol. The zero-order chi connectivity index (χ0) is 16.1. The molecule has 0 fully saturated rings. The molecule has 1 heterocycles. The highest BCUT2D eigenvalue weighted by Crippen LogP contribution is 2.15. The Bertz CT molecular complexity index is 748. The minimum absolute atomic E-state index is 0.852. The van der Waals surface area contributed by atoms with E-state index in [0.29, 0.717) is 0 Å². The Morgan fingerprint density at radius 1 is 0.957 bits per heavy atom. The fraction of sp³-hybridized carbons (Fsp3) is 0.211. The molecule has 3 nitrogen and oxygen atoms in total. The van der Waals surface area contributed by atoms with Crippen LogP contribution in [0.1, 0.15) is 17.0 Å². The van der Waals surface area contributed by atoms with Gasteiger partial charge in [-0.25, -0.2) is 4.98 Å². The van der Waals surface area contributed by atoms with Gasteiger partial charge in [-0.15, -0.1) is 0 Å². The van der Waals surface area contributed by atoms with Gasteiger partial charge in [0.15, 0.2) is 0 Å². The molecule has 0 saturated carbocycles. The van der Waals surface area contributed by atoms with Crippen molar-refractivity contribution < 1.29 is 4.74 Å². The van der Waals surface area contributed by atoms with Crippen molar-refractivity contribution in [3.05, 3.63) is 82.3 Å². The lowest BCUT2D eigenvalue weighted by molar-refractivity contribution is 0.414. The van der Waals surface area contributed by atoms with E-state index in [-0.39, 0.29) is 0 Å². The molecule has 23 heavy (non-hydrogen) atoms. The molecule has 0 amide bonds. The molecule has 3 rings (SSSR count). The molecule has 0 N–H and O–H groups in total. The van der Waals surface area contributed by atoms with E-state index in [1.807, 2.05) is 24.5 Å². The number of imidazole rings is 1. The minimum atomic E-state index is 0.852. The van der Waals surface area contributed by atoms with Crippen molar-refractivity contribution in [3.8, 4) is 5.75 Å². The molecule has 0 radical (unpaired) electrons. The van der Waals surface area contributed by atoms with Crippen molar-refractivity contribution in [2.24, 2.45) is 0 Å². The Morgan fingerprint density at radius 3 is 2.35 bits per heavy atom. The number of hydrogen-bond acceptors (Lipinski definition) is 2. The molecule has 0 spiro atoms. The first-order valence-electron chi connectivity index (χ1n) is 7.62. The normalized spacial score (nSPS) is 10.7. The van der Waals surface area contributed by atoms with E-state index in [2.05, 4.69) is 61.9 Å². The van der Waals surface area contributed by atoms with Gasteiger partial charge in [0.1, 0.15) is 11.6 Å². The summed E-state index contributed by atoms with van der Waals surface area (Å²) in [5, 5.41) is 0. The second-order valence-electron chi connectivity index (χ2n) is 5.45. The average molecular weight is 371 g/mol. The van der Waals surface area contributed by atoms with Gasteiger partial charge in [0.2, 0.25) is 0 Å². The number of aromatic nitrogens is 2. The summed E-state index contributed by atoms with van der Waals surface area (Å²) in [5.41, 5.74) is 2.57. The number of nitrogens with zero attached hydrogens (tertiary/aromatic N) is 2. The third kappa shape index (κ3) is 4.23. The van der Waals surface area contributed by atoms with Gasteiger partial charge in [0.25, 0.3) is 0 Å². The number of benzene rings is 2. The van der Waals surface area contributed by atoms with Crippen LogP contribution in [0.15, 0.2) is 65.4 Å². The molecule has 0 saturated heterocycles. The molecular weight excluding hydrogens is 352 g/mol. The molecule has 0 atom stereocenters. The summed E-state index contributed by atoms with van der Waals surface area (Å²) in [5.74, 6) is 2.01. The number of halogens is 1. The zero-order valence-corrected chi connectivity index (χ0v) is 14.7. The largest absolute Gasteiger partial charge is 0.497 e. The van der Waals surface area contributed by atoms with Crippen LogP contribution in [0, 0.1) is 0 Å². The van der Waals surface area contributed by atoms with Gasteiger partial charge in [-0.1, -0.05) is 40.2 Å². The summed E-state index contributed by atoms with van der Waals surface area (Å²) in [6, 6.07) is 16.6. The van der Waals surface area contributed by atoms with Crippen LogP contribution >= 0.6 is 15.9 Å². The van der Waals surface area contributed by atoms with Crippen molar-refractivity contribution in [1.82, 2.24) is 9.55 Å². The van der Waals surface area contributed by atoms with Gasteiger partial charge in [0, 0.05) is 29.8 Å². The Labute approximate surface area is 145 Å². The lowest BCUT2D eigenvalue weighted by Gasteiger charge is -2.09. The summed E-state index contributed by atoms with van der Waals surface area (Å²) >= 11 is 3.47. The molecule has 0 bridgehead atoms. The summed E-state index contributed by atoms with van der Waals surface area (Å²) < 4.78 is 8.51. The molecule has 0 unspecified atom stereocenters. The van der Waals surface area contributed by atoms with Gasteiger partial charge in [-0.3, -0.25) is 0 Å². The lowest BCUT2D eigenvalue weighted by Crippen LogP contribution is -2.05. The number of methoxy groups -OCH3 is 1. The highest BCUT2D eigenvalue weighted by molar-refractivity contribution is 9.10. The highest BCUT2D eigenvalue weighted by Gasteiger charge is 2.05. The van der Waals surface area contributed by atoms with Crippen molar-refractivity contribution in [2.75, 3.05) is 7.11 Å². The maximum atomic E-state index is 5.19.